The van der Waals surface area contributed by atoms with Gasteiger partial charge in [0.1, 0.15) is 0 Å². The highest BCUT2D eigenvalue weighted by Gasteiger charge is 2.41. The maximum Gasteiger partial charge on any atom is 0.334 e. The molecule has 0 aliphatic rings. The number of hydrogen-bond donors (Lipinski definition) is 2. The minimum Gasteiger partial charge on any atom is -0.479 e. The van der Waals surface area contributed by atoms with Gasteiger partial charge in [-0.1, -0.05) is 44.2 Å². The molecule has 0 saturated carbocycles. The third-order valence-corrected chi connectivity index (χ3v) is 2.74. The summed E-state index contributed by atoms with van der Waals surface area (Å²) >= 11 is 0. The molecule has 0 spiro atoms. The molecule has 0 heterocycles. The van der Waals surface area contributed by atoms with Gasteiger partial charge in [0.2, 0.25) is 5.91 Å². The standard InChI is InChI=1S/C14H19NO3/c1-10(2)9-14(13(17)18,15-11(3)16)12-7-5-4-6-8-12/h4-8,10H,9H2,1-3H3,(H,15,16)(H,17,18). The van der Waals surface area contributed by atoms with Crippen LogP contribution >= 0.6 is 0 Å². The second kappa shape index (κ2) is 5.67. The third kappa shape index (κ3) is 3.09. The van der Waals surface area contributed by atoms with Crippen molar-refractivity contribution in [2.75, 3.05) is 0 Å². The lowest BCUT2D eigenvalue weighted by molar-refractivity contribution is -0.148. The molecule has 0 aliphatic carbocycles. The van der Waals surface area contributed by atoms with Gasteiger partial charge in [-0.25, -0.2) is 4.79 Å². The van der Waals surface area contributed by atoms with Gasteiger partial charge in [0.15, 0.2) is 5.54 Å². The summed E-state index contributed by atoms with van der Waals surface area (Å²) in [5.74, 6) is -1.23. The van der Waals surface area contributed by atoms with Crippen LogP contribution in [0.3, 0.4) is 0 Å². The molecule has 1 amide bonds. The van der Waals surface area contributed by atoms with Crippen molar-refractivity contribution in [3.8, 4) is 0 Å². The van der Waals surface area contributed by atoms with Gasteiger partial charge < -0.3 is 10.4 Å². The normalized spacial score (nSPS) is 14.0. The average molecular weight is 249 g/mol. The lowest BCUT2D eigenvalue weighted by Gasteiger charge is -2.32. The van der Waals surface area contributed by atoms with E-state index in [4.69, 9.17) is 0 Å². The van der Waals surface area contributed by atoms with E-state index in [9.17, 15) is 14.7 Å². The molecule has 0 fully saturated rings. The molecule has 1 unspecified atom stereocenters. The first-order valence-electron chi connectivity index (χ1n) is 5.96. The quantitative estimate of drug-likeness (QED) is 0.840. The molecule has 2 N–H and O–H groups in total. The zero-order chi connectivity index (χ0) is 13.8. The highest BCUT2D eigenvalue weighted by Crippen LogP contribution is 2.29. The molecule has 0 bridgehead atoms. The molecule has 1 aromatic rings. The van der Waals surface area contributed by atoms with E-state index in [1.54, 1.807) is 24.3 Å². The first-order valence-corrected chi connectivity index (χ1v) is 5.96. The van der Waals surface area contributed by atoms with Crippen molar-refractivity contribution in [3.63, 3.8) is 0 Å². The van der Waals surface area contributed by atoms with Gasteiger partial charge in [0.05, 0.1) is 0 Å². The molecular weight excluding hydrogens is 230 g/mol. The number of carboxylic acid groups (broad SMARTS) is 1. The SMILES string of the molecule is CC(=O)NC(CC(C)C)(C(=O)O)c1ccccc1. The smallest absolute Gasteiger partial charge is 0.334 e. The van der Waals surface area contributed by atoms with Crippen molar-refractivity contribution in [1.82, 2.24) is 5.32 Å². The largest absolute Gasteiger partial charge is 0.479 e. The van der Waals surface area contributed by atoms with Crippen LogP contribution in [0.15, 0.2) is 30.3 Å². The molecule has 98 valence electrons. The molecular formula is C14H19NO3. The van der Waals surface area contributed by atoms with Gasteiger partial charge in [-0.2, -0.15) is 0 Å². The summed E-state index contributed by atoms with van der Waals surface area (Å²) in [5, 5.41) is 12.2. The highest BCUT2D eigenvalue weighted by atomic mass is 16.4. The fraction of sp³-hybridized carbons (Fsp3) is 0.429. The highest BCUT2D eigenvalue weighted by molar-refractivity contribution is 5.87. The zero-order valence-corrected chi connectivity index (χ0v) is 10.9. The van der Waals surface area contributed by atoms with E-state index in [1.165, 1.54) is 6.92 Å². The lowest BCUT2D eigenvalue weighted by atomic mass is 9.82. The summed E-state index contributed by atoms with van der Waals surface area (Å²) in [4.78, 5) is 23.0. The molecule has 4 heteroatoms. The number of hydrogen-bond acceptors (Lipinski definition) is 2. The number of nitrogens with one attached hydrogen (secondary N) is 1. The maximum atomic E-state index is 11.7. The molecule has 0 aromatic heterocycles. The van der Waals surface area contributed by atoms with Crippen molar-refractivity contribution < 1.29 is 14.7 Å². The Balaban J connectivity index is 3.28. The summed E-state index contributed by atoms with van der Waals surface area (Å²) in [7, 11) is 0. The number of rotatable bonds is 5. The van der Waals surface area contributed by atoms with Crippen LogP contribution in [0.2, 0.25) is 0 Å². The monoisotopic (exact) mass is 249 g/mol. The molecule has 18 heavy (non-hydrogen) atoms. The number of carboxylic acids is 1. The number of aliphatic carboxylic acids is 1. The Morgan fingerprint density at radius 3 is 2.22 bits per heavy atom. The van der Waals surface area contributed by atoms with E-state index in [0.717, 1.165) is 0 Å². The topological polar surface area (TPSA) is 66.4 Å². The van der Waals surface area contributed by atoms with E-state index in [-0.39, 0.29) is 11.8 Å². The van der Waals surface area contributed by atoms with Crippen LogP contribution in [-0.2, 0) is 15.1 Å². The van der Waals surface area contributed by atoms with Gasteiger partial charge in [-0.15, -0.1) is 0 Å². The van der Waals surface area contributed by atoms with Gasteiger partial charge in [-0.3, -0.25) is 4.79 Å². The Hall–Kier alpha value is -1.84. The summed E-state index contributed by atoms with van der Waals surface area (Å²) in [6.07, 6.45) is 0.353. The maximum absolute atomic E-state index is 11.7. The minimum absolute atomic E-state index is 0.146. The number of carbonyl (C=O) groups is 2. The van der Waals surface area contributed by atoms with E-state index in [2.05, 4.69) is 5.32 Å². The van der Waals surface area contributed by atoms with Gasteiger partial charge in [0, 0.05) is 6.92 Å². The number of carbonyl (C=O) groups excluding carboxylic acids is 1. The average Bonchev–Trinajstić information content (AvgIpc) is 2.27. The molecule has 0 radical (unpaired) electrons. The van der Waals surface area contributed by atoms with Crippen molar-refractivity contribution in [2.24, 2.45) is 5.92 Å². The van der Waals surface area contributed by atoms with Gasteiger partial charge >= 0.3 is 5.97 Å². The van der Waals surface area contributed by atoms with E-state index in [0.29, 0.717) is 12.0 Å². The Labute approximate surface area is 107 Å². The Morgan fingerprint density at radius 2 is 1.83 bits per heavy atom. The Kier molecular flexibility index (Phi) is 4.48. The Morgan fingerprint density at radius 1 is 1.28 bits per heavy atom. The van der Waals surface area contributed by atoms with Crippen molar-refractivity contribution in [2.45, 2.75) is 32.7 Å². The van der Waals surface area contributed by atoms with Gasteiger partial charge in [0.25, 0.3) is 0 Å². The van der Waals surface area contributed by atoms with Crippen molar-refractivity contribution >= 4 is 11.9 Å². The van der Waals surface area contributed by atoms with Crippen LogP contribution < -0.4 is 5.32 Å². The van der Waals surface area contributed by atoms with E-state index < -0.39 is 11.5 Å². The van der Waals surface area contributed by atoms with Crippen LogP contribution in [0.1, 0.15) is 32.8 Å². The van der Waals surface area contributed by atoms with Crippen LogP contribution in [0.5, 0.6) is 0 Å². The van der Waals surface area contributed by atoms with Gasteiger partial charge in [-0.05, 0) is 17.9 Å². The number of amides is 1. The minimum atomic E-state index is -1.35. The molecule has 4 nitrogen and oxygen atoms in total. The second-order valence-corrected chi connectivity index (χ2v) is 4.86. The predicted octanol–water partition coefficient (Wildman–Crippen LogP) is 2.15. The second-order valence-electron chi connectivity index (χ2n) is 4.86. The lowest BCUT2D eigenvalue weighted by Crippen LogP contribution is -2.52. The van der Waals surface area contributed by atoms with E-state index >= 15 is 0 Å². The van der Waals surface area contributed by atoms with E-state index in [1.807, 2.05) is 19.9 Å². The summed E-state index contributed by atoms with van der Waals surface area (Å²) in [6, 6.07) is 8.82. The summed E-state index contributed by atoms with van der Waals surface area (Å²) in [5.41, 5.74) is -0.747. The molecule has 1 aromatic carbocycles. The first-order chi connectivity index (χ1) is 8.38. The van der Waals surface area contributed by atoms with Crippen molar-refractivity contribution in [3.05, 3.63) is 35.9 Å². The van der Waals surface area contributed by atoms with Crippen LogP contribution in [0, 0.1) is 5.92 Å². The fourth-order valence-corrected chi connectivity index (χ4v) is 2.14. The molecule has 1 rings (SSSR count). The summed E-state index contributed by atoms with van der Waals surface area (Å²) in [6.45, 7) is 5.20. The van der Waals surface area contributed by atoms with Crippen LogP contribution in [-0.4, -0.2) is 17.0 Å². The van der Waals surface area contributed by atoms with Crippen LogP contribution in [0.4, 0.5) is 0 Å². The third-order valence-electron chi connectivity index (χ3n) is 2.74. The summed E-state index contributed by atoms with van der Waals surface area (Å²) < 4.78 is 0. The molecule has 1 atom stereocenters. The number of benzene rings is 1. The fourth-order valence-electron chi connectivity index (χ4n) is 2.14. The zero-order valence-electron chi connectivity index (χ0n) is 10.9. The first kappa shape index (κ1) is 14.2. The Bertz CT molecular complexity index is 428. The molecule has 0 saturated heterocycles. The molecule has 0 aliphatic heterocycles. The van der Waals surface area contributed by atoms with Crippen LogP contribution in [0.25, 0.3) is 0 Å². The van der Waals surface area contributed by atoms with Crippen molar-refractivity contribution in [1.29, 1.82) is 0 Å². The predicted molar refractivity (Wildman–Crippen MR) is 69.0 cm³/mol.